The van der Waals surface area contributed by atoms with Crippen molar-refractivity contribution in [1.82, 2.24) is 0 Å². The molecule has 30 heavy (non-hydrogen) atoms. The van der Waals surface area contributed by atoms with Crippen molar-refractivity contribution in [1.29, 1.82) is 0 Å². The van der Waals surface area contributed by atoms with E-state index in [0.29, 0.717) is 12.2 Å². The van der Waals surface area contributed by atoms with Gasteiger partial charge in [-0.25, -0.2) is 0 Å². The maximum absolute atomic E-state index is 12.9. The quantitative estimate of drug-likeness (QED) is 0.612. The van der Waals surface area contributed by atoms with Crippen LogP contribution in [0.2, 0.25) is 0 Å². The van der Waals surface area contributed by atoms with Crippen molar-refractivity contribution in [2.45, 2.75) is 37.8 Å². The zero-order chi connectivity index (χ0) is 20.1. The van der Waals surface area contributed by atoms with Crippen molar-refractivity contribution in [2.24, 2.45) is 0 Å². The van der Waals surface area contributed by atoms with E-state index >= 15 is 0 Å². The van der Waals surface area contributed by atoms with E-state index in [0.717, 1.165) is 52.7 Å². The van der Waals surface area contributed by atoms with E-state index in [1.807, 2.05) is 42.5 Å². The largest absolute Gasteiger partial charge is 0.472 e. The van der Waals surface area contributed by atoms with Crippen LogP contribution in [0, 0.1) is 0 Å². The predicted molar refractivity (Wildman–Crippen MR) is 110 cm³/mol. The number of ketones is 1. The first kappa shape index (κ1) is 17.5. The standard InChI is InChI=1S/C25H20O5/c26-19-10-12-25(29-21-8-1-4-17-5-2-9-22(30-25)23(17)21)18-6-3-7-20(24(18)19)28-15-16-11-13-27-14-16/h1-2,4-5,8-14,20H,3,6-7,15H2. The van der Waals surface area contributed by atoms with Crippen LogP contribution < -0.4 is 9.47 Å². The van der Waals surface area contributed by atoms with Gasteiger partial charge in [-0.05, 0) is 48.9 Å². The zero-order valence-corrected chi connectivity index (χ0v) is 16.3. The molecule has 0 bridgehead atoms. The average Bonchev–Trinajstić information content (AvgIpc) is 3.29. The lowest BCUT2D eigenvalue weighted by molar-refractivity contribution is -0.115. The second kappa shape index (κ2) is 6.61. The summed E-state index contributed by atoms with van der Waals surface area (Å²) in [6.45, 7) is 0.395. The maximum atomic E-state index is 12.9. The van der Waals surface area contributed by atoms with Gasteiger partial charge in [0.25, 0.3) is 5.79 Å². The van der Waals surface area contributed by atoms with Crippen molar-refractivity contribution in [3.05, 3.63) is 83.9 Å². The van der Waals surface area contributed by atoms with Gasteiger partial charge < -0.3 is 18.6 Å². The van der Waals surface area contributed by atoms with E-state index < -0.39 is 5.79 Å². The van der Waals surface area contributed by atoms with Crippen LogP contribution in [0.15, 0.2) is 82.7 Å². The van der Waals surface area contributed by atoms with Crippen LogP contribution in [-0.4, -0.2) is 17.7 Å². The molecule has 2 heterocycles. The van der Waals surface area contributed by atoms with Crippen LogP contribution in [0.4, 0.5) is 0 Å². The van der Waals surface area contributed by atoms with Crippen molar-refractivity contribution in [3.63, 3.8) is 0 Å². The van der Waals surface area contributed by atoms with Crippen LogP contribution in [0.1, 0.15) is 24.8 Å². The SMILES string of the molecule is O=C1C=CC2(Oc3cccc4cccc(c34)O2)C2=C1C(OCc1ccoc1)CCC2. The first-order valence-corrected chi connectivity index (χ1v) is 10.2. The zero-order valence-electron chi connectivity index (χ0n) is 16.3. The monoisotopic (exact) mass is 400 g/mol. The fraction of sp³-hybridized carbons (Fsp3) is 0.240. The Morgan fingerprint density at radius 3 is 2.60 bits per heavy atom. The van der Waals surface area contributed by atoms with E-state index in [9.17, 15) is 4.79 Å². The predicted octanol–water partition coefficient (Wildman–Crippen LogP) is 5.11. The molecule has 3 aliphatic rings. The van der Waals surface area contributed by atoms with Gasteiger partial charge >= 0.3 is 0 Å². The second-order valence-electron chi connectivity index (χ2n) is 7.90. The first-order chi connectivity index (χ1) is 14.7. The number of allylic oxidation sites excluding steroid dienone is 1. The van der Waals surface area contributed by atoms with Crippen LogP contribution in [0.3, 0.4) is 0 Å². The minimum atomic E-state index is -1.11. The van der Waals surface area contributed by atoms with Gasteiger partial charge in [-0.1, -0.05) is 24.3 Å². The van der Waals surface area contributed by atoms with Gasteiger partial charge in [0, 0.05) is 22.8 Å². The minimum Gasteiger partial charge on any atom is -0.472 e. The highest BCUT2D eigenvalue weighted by Crippen LogP contribution is 2.48. The lowest BCUT2D eigenvalue weighted by atomic mass is 9.79. The highest BCUT2D eigenvalue weighted by Gasteiger charge is 2.48. The van der Waals surface area contributed by atoms with E-state index in [1.165, 1.54) is 0 Å². The number of benzene rings is 2. The molecule has 1 unspecified atom stereocenters. The lowest BCUT2D eigenvalue weighted by Gasteiger charge is -2.43. The summed E-state index contributed by atoms with van der Waals surface area (Å²) in [6.07, 6.45) is 8.72. The molecule has 6 rings (SSSR count). The second-order valence-corrected chi connectivity index (χ2v) is 7.90. The topological polar surface area (TPSA) is 57.9 Å². The molecule has 2 aliphatic carbocycles. The molecule has 0 radical (unpaired) electrons. The molecule has 150 valence electrons. The van der Waals surface area contributed by atoms with Crippen molar-refractivity contribution in [3.8, 4) is 11.5 Å². The molecule has 1 aliphatic heterocycles. The summed E-state index contributed by atoms with van der Waals surface area (Å²) in [4.78, 5) is 12.9. The molecule has 0 N–H and O–H groups in total. The third-order valence-corrected chi connectivity index (χ3v) is 6.06. The minimum absolute atomic E-state index is 0.0308. The summed E-state index contributed by atoms with van der Waals surface area (Å²) in [6, 6.07) is 13.8. The molecule has 1 spiro atoms. The Bertz CT molecular complexity index is 1160. The van der Waals surface area contributed by atoms with Gasteiger partial charge in [-0.2, -0.15) is 0 Å². The Labute approximate surface area is 173 Å². The first-order valence-electron chi connectivity index (χ1n) is 10.2. The smallest absolute Gasteiger partial charge is 0.295 e. The van der Waals surface area contributed by atoms with Gasteiger partial charge in [0.2, 0.25) is 0 Å². The number of carbonyl (C=O) groups is 1. The summed E-state index contributed by atoms with van der Waals surface area (Å²) in [5, 5.41) is 2.02. The van der Waals surface area contributed by atoms with Crippen LogP contribution in [0.25, 0.3) is 10.8 Å². The molecular weight excluding hydrogens is 380 g/mol. The van der Waals surface area contributed by atoms with Crippen LogP contribution in [-0.2, 0) is 16.1 Å². The number of hydrogen-bond acceptors (Lipinski definition) is 5. The molecule has 0 fully saturated rings. The van der Waals surface area contributed by atoms with E-state index in [-0.39, 0.29) is 11.9 Å². The Morgan fingerprint density at radius 1 is 1.07 bits per heavy atom. The molecule has 2 aromatic carbocycles. The Morgan fingerprint density at radius 2 is 1.87 bits per heavy atom. The van der Waals surface area contributed by atoms with Gasteiger partial charge in [-0.15, -0.1) is 0 Å². The third kappa shape index (κ3) is 2.62. The Balaban J connectivity index is 1.41. The number of rotatable bonds is 3. The Hall–Kier alpha value is -3.31. The number of ether oxygens (including phenoxy) is 3. The third-order valence-electron chi connectivity index (χ3n) is 6.06. The molecule has 5 nitrogen and oxygen atoms in total. The number of hydrogen-bond donors (Lipinski definition) is 0. The fourth-order valence-corrected chi connectivity index (χ4v) is 4.70. The molecule has 0 saturated carbocycles. The highest BCUT2D eigenvalue weighted by atomic mass is 16.7. The van der Waals surface area contributed by atoms with Gasteiger partial charge in [-0.3, -0.25) is 4.79 Å². The highest BCUT2D eigenvalue weighted by molar-refractivity contribution is 6.07. The van der Waals surface area contributed by atoms with E-state index in [2.05, 4.69) is 0 Å². The summed E-state index contributed by atoms with van der Waals surface area (Å²) < 4.78 is 24.2. The van der Waals surface area contributed by atoms with Crippen molar-refractivity contribution >= 4 is 16.6 Å². The molecule has 1 atom stereocenters. The van der Waals surface area contributed by atoms with Crippen molar-refractivity contribution < 1.29 is 23.4 Å². The fourth-order valence-electron chi connectivity index (χ4n) is 4.70. The number of fused-ring (bicyclic) bond motifs is 1. The van der Waals surface area contributed by atoms with Gasteiger partial charge in [0.1, 0.15) is 11.5 Å². The summed E-state index contributed by atoms with van der Waals surface area (Å²) in [7, 11) is 0. The molecular formula is C25H20O5. The summed E-state index contributed by atoms with van der Waals surface area (Å²) in [5.41, 5.74) is 2.48. The van der Waals surface area contributed by atoms with Crippen molar-refractivity contribution in [2.75, 3.05) is 0 Å². The molecule has 5 heteroatoms. The van der Waals surface area contributed by atoms with E-state index in [1.54, 1.807) is 24.7 Å². The molecule has 0 amide bonds. The Kier molecular flexibility index (Phi) is 3.86. The molecule has 0 saturated heterocycles. The van der Waals surface area contributed by atoms with Crippen LogP contribution in [0.5, 0.6) is 11.5 Å². The normalized spacial score (nSPS) is 21.5. The lowest BCUT2D eigenvalue weighted by Crippen LogP contribution is -2.49. The number of carbonyl (C=O) groups excluding carboxylic acids is 1. The maximum Gasteiger partial charge on any atom is 0.295 e. The molecule has 1 aromatic heterocycles. The van der Waals surface area contributed by atoms with E-state index in [4.69, 9.17) is 18.6 Å². The van der Waals surface area contributed by atoms with Gasteiger partial charge in [0.15, 0.2) is 5.78 Å². The molecule has 3 aromatic rings. The van der Waals surface area contributed by atoms with Crippen LogP contribution >= 0.6 is 0 Å². The number of furan rings is 1. The average molecular weight is 400 g/mol. The summed E-state index contributed by atoms with van der Waals surface area (Å²) in [5.74, 6) is 0.392. The summed E-state index contributed by atoms with van der Waals surface area (Å²) >= 11 is 0. The van der Waals surface area contributed by atoms with Gasteiger partial charge in [0.05, 0.1) is 30.6 Å².